The van der Waals surface area contributed by atoms with Crippen LogP contribution in [-0.4, -0.2) is 51.2 Å². The van der Waals surface area contributed by atoms with Crippen LogP contribution in [-0.2, 0) is 0 Å². The van der Waals surface area contributed by atoms with Crippen LogP contribution in [0.3, 0.4) is 0 Å². The van der Waals surface area contributed by atoms with E-state index in [4.69, 9.17) is 15.0 Å². The van der Waals surface area contributed by atoms with Crippen LogP contribution < -0.4 is 21.1 Å². The summed E-state index contributed by atoms with van der Waals surface area (Å²) >= 11 is 1.60. The Labute approximate surface area is 204 Å². The predicted molar refractivity (Wildman–Crippen MR) is 127 cm³/mol. The monoisotopic (exact) mass is 492 g/mol. The van der Waals surface area contributed by atoms with Gasteiger partial charge in [0.2, 0.25) is 5.76 Å². The first-order valence-electron chi connectivity index (χ1n) is 12.5. The Morgan fingerprint density at radius 2 is 1.91 bits per heavy atom. The minimum absolute atomic E-state index is 0.0572. The fourth-order valence-electron chi connectivity index (χ4n) is 6.83. The molecule has 2 unspecified atom stereocenters. The summed E-state index contributed by atoms with van der Waals surface area (Å²) in [6, 6.07) is -0.573. The average molecular weight is 493 g/mol. The van der Waals surface area contributed by atoms with Crippen LogP contribution in [0.4, 0.5) is 4.79 Å². The number of primary amides is 1. The molecular formula is C24H36N4O5S. The van der Waals surface area contributed by atoms with Gasteiger partial charge >= 0.3 is 6.03 Å². The lowest BCUT2D eigenvalue weighted by molar-refractivity contribution is -0.137. The van der Waals surface area contributed by atoms with Crippen molar-refractivity contribution in [2.45, 2.75) is 99.0 Å². The van der Waals surface area contributed by atoms with E-state index in [9.17, 15) is 14.7 Å². The number of aliphatic hydroxyl groups is 1. The van der Waals surface area contributed by atoms with Gasteiger partial charge in [-0.05, 0) is 81.7 Å². The smallest absolute Gasteiger partial charge is 0.312 e. The number of ether oxygens (including phenoxy) is 1. The molecule has 1 aromatic heterocycles. The first-order valence-corrected chi connectivity index (χ1v) is 13.4. The van der Waals surface area contributed by atoms with Crippen molar-refractivity contribution in [1.82, 2.24) is 15.8 Å². The van der Waals surface area contributed by atoms with E-state index in [0.29, 0.717) is 27.9 Å². The highest BCUT2D eigenvalue weighted by molar-refractivity contribution is 8.00. The molecule has 5 N–H and O–H groups in total. The standard InChI is InChI=1S/C24H36N4O5S/c1-23(2,27-22(25)30)12-32-21-19(34-16-5-3-4-6-16)18(33-28-21)20(29)26-17-14-7-13-8-15(17)11-24(31,9-13)10-14/h13-17,31H,3-12H2,1-2H3,(H,26,29)(H3,25,27,30). The molecule has 1 aromatic rings. The third kappa shape index (κ3) is 4.89. The summed E-state index contributed by atoms with van der Waals surface area (Å²) in [6.45, 7) is 3.74. The number of thioether (sulfide) groups is 1. The molecule has 2 atom stereocenters. The molecule has 0 radical (unpaired) electrons. The van der Waals surface area contributed by atoms with Gasteiger partial charge in [-0.15, -0.1) is 11.8 Å². The normalized spacial score (nSPS) is 32.7. The topological polar surface area (TPSA) is 140 Å². The number of amides is 3. The molecule has 0 spiro atoms. The van der Waals surface area contributed by atoms with Gasteiger partial charge in [0.05, 0.1) is 11.1 Å². The van der Waals surface area contributed by atoms with Crippen molar-refractivity contribution in [1.29, 1.82) is 0 Å². The van der Waals surface area contributed by atoms with E-state index in [1.54, 1.807) is 25.6 Å². The molecule has 5 saturated carbocycles. The van der Waals surface area contributed by atoms with Crippen LogP contribution >= 0.6 is 11.8 Å². The maximum Gasteiger partial charge on any atom is 0.312 e. The Morgan fingerprint density at radius 1 is 1.24 bits per heavy atom. The third-order valence-corrected chi connectivity index (χ3v) is 9.38. The molecule has 6 rings (SSSR count). The molecule has 9 nitrogen and oxygen atoms in total. The molecule has 34 heavy (non-hydrogen) atoms. The molecule has 10 heteroatoms. The van der Waals surface area contributed by atoms with Crippen molar-refractivity contribution in [2.24, 2.45) is 23.5 Å². The molecule has 188 valence electrons. The van der Waals surface area contributed by atoms with Crippen molar-refractivity contribution >= 4 is 23.7 Å². The van der Waals surface area contributed by atoms with Crippen molar-refractivity contribution < 1.29 is 24.0 Å². The first-order chi connectivity index (χ1) is 16.1. The van der Waals surface area contributed by atoms with Crippen molar-refractivity contribution in [3.8, 4) is 5.88 Å². The lowest BCUT2D eigenvalue weighted by Gasteiger charge is -2.58. The zero-order valence-electron chi connectivity index (χ0n) is 20.0. The quantitative estimate of drug-likeness (QED) is 0.437. The summed E-state index contributed by atoms with van der Waals surface area (Å²) in [5.41, 5.74) is 4.02. The van der Waals surface area contributed by atoms with Crippen LogP contribution in [0.1, 0.15) is 82.2 Å². The predicted octanol–water partition coefficient (Wildman–Crippen LogP) is 3.20. The lowest BCUT2D eigenvalue weighted by Crippen LogP contribution is -2.61. The number of aromatic nitrogens is 1. The first kappa shape index (κ1) is 23.8. The highest BCUT2D eigenvalue weighted by atomic mass is 32.2. The minimum atomic E-state index is -0.705. The van der Waals surface area contributed by atoms with E-state index in [1.165, 1.54) is 12.8 Å². The van der Waals surface area contributed by atoms with Gasteiger partial charge in [0.15, 0.2) is 0 Å². The molecule has 0 saturated heterocycles. The van der Waals surface area contributed by atoms with E-state index in [0.717, 1.165) is 44.9 Å². The second kappa shape index (κ2) is 8.93. The van der Waals surface area contributed by atoms with Gasteiger partial charge < -0.3 is 30.7 Å². The van der Waals surface area contributed by atoms with Crippen molar-refractivity contribution in [3.63, 3.8) is 0 Å². The number of urea groups is 1. The molecule has 4 bridgehead atoms. The number of nitrogens with two attached hydrogens (primary N) is 1. The maximum absolute atomic E-state index is 13.4. The number of hydrogen-bond donors (Lipinski definition) is 4. The summed E-state index contributed by atoms with van der Waals surface area (Å²) in [5, 5.41) is 21.2. The molecule has 5 aliphatic rings. The fourth-order valence-corrected chi connectivity index (χ4v) is 8.17. The lowest BCUT2D eigenvalue weighted by atomic mass is 9.52. The van der Waals surface area contributed by atoms with E-state index in [2.05, 4.69) is 15.8 Å². The number of hydrogen-bond acceptors (Lipinski definition) is 7. The molecule has 3 amide bonds. The zero-order chi connectivity index (χ0) is 24.1. The highest BCUT2D eigenvalue weighted by Gasteiger charge is 2.55. The SMILES string of the molecule is CC(C)(COc1noc(C(=O)NC2C3CC4CC2CC(O)(C4)C3)c1SC1CCCC1)NC(N)=O. The summed E-state index contributed by atoms with van der Waals surface area (Å²) in [5.74, 6) is 1.41. The summed E-state index contributed by atoms with van der Waals surface area (Å²) in [6.07, 6.45) is 9.09. The zero-order valence-corrected chi connectivity index (χ0v) is 20.8. The number of nitrogens with zero attached hydrogens (tertiary/aromatic N) is 1. The Balaban J connectivity index is 1.32. The summed E-state index contributed by atoms with van der Waals surface area (Å²) in [4.78, 5) is 25.3. The second-order valence-corrected chi connectivity index (χ2v) is 12.8. The van der Waals surface area contributed by atoms with Crippen LogP contribution in [0.15, 0.2) is 9.42 Å². The van der Waals surface area contributed by atoms with Crippen LogP contribution in [0.5, 0.6) is 5.88 Å². The van der Waals surface area contributed by atoms with Crippen LogP contribution in [0, 0.1) is 17.8 Å². The van der Waals surface area contributed by atoms with Gasteiger partial charge in [-0.3, -0.25) is 4.79 Å². The Hall–Kier alpha value is -1.94. The van der Waals surface area contributed by atoms with Crippen LogP contribution in [0.2, 0.25) is 0 Å². The number of carbonyl (C=O) groups excluding carboxylic acids is 2. The van der Waals surface area contributed by atoms with E-state index >= 15 is 0 Å². The van der Waals surface area contributed by atoms with Gasteiger partial charge in [-0.1, -0.05) is 12.8 Å². The Morgan fingerprint density at radius 3 is 2.53 bits per heavy atom. The van der Waals surface area contributed by atoms with E-state index < -0.39 is 17.2 Å². The molecule has 0 aliphatic heterocycles. The number of carbonyl (C=O) groups is 2. The van der Waals surface area contributed by atoms with Gasteiger partial charge in [-0.25, -0.2) is 4.79 Å². The Bertz CT molecular complexity index is 928. The maximum atomic E-state index is 13.4. The second-order valence-electron chi connectivity index (χ2n) is 11.5. The van der Waals surface area contributed by atoms with Gasteiger partial charge in [0, 0.05) is 11.3 Å². The number of rotatable bonds is 8. The van der Waals surface area contributed by atoms with E-state index in [-0.39, 0.29) is 30.2 Å². The fraction of sp³-hybridized carbons (Fsp3) is 0.792. The van der Waals surface area contributed by atoms with Gasteiger partial charge in [0.25, 0.3) is 11.8 Å². The average Bonchev–Trinajstić information content (AvgIpc) is 3.37. The largest absolute Gasteiger partial charge is 0.472 e. The molecule has 1 heterocycles. The number of nitrogens with one attached hydrogen (secondary N) is 2. The van der Waals surface area contributed by atoms with E-state index in [1.807, 2.05) is 0 Å². The molecule has 0 aromatic carbocycles. The molecular weight excluding hydrogens is 456 g/mol. The third-order valence-electron chi connectivity index (χ3n) is 7.98. The summed E-state index contributed by atoms with van der Waals surface area (Å²) in [7, 11) is 0. The highest BCUT2D eigenvalue weighted by Crippen LogP contribution is 2.55. The van der Waals surface area contributed by atoms with Gasteiger partial charge in [-0.2, -0.15) is 0 Å². The minimum Gasteiger partial charge on any atom is -0.472 e. The van der Waals surface area contributed by atoms with Gasteiger partial charge in [0.1, 0.15) is 11.5 Å². The van der Waals surface area contributed by atoms with Crippen molar-refractivity contribution in [3.05, 3.63) is 5.76 Å². The molecule has 5 fully saturated rings. The van der Waals surface area contributed by atoms with Crippen molar-refractivity contribution in [2.75, 3.05) is 6.61 Å². The van der Waals surface area contributed by atoms with Crippen LogP contribution in [0.25, 0.3) is 0 Å². The Kier molecular flexibility index (Phi) is 6.25. The molecule has 5 aliphatic carbocycles. The summed E-state index contributed by atoms with van der Waals surface area (Å²) < 4.78 is 11.5.